The minimum absolute atomic E-state index is 0.158. The van der Waals surface area contributed by atoms with Crippen LogP contribution < -0.4 is 5.69 Å². The Hall–Kier alpha value is -0.160. The average molecular weight is 366 g/mol. The van der Waals surface area contributed by atoms with Gasteiger partial charge in [0.1, 0.15) is 0 Å². The van der Waals surface area contributed by atoms with Crippen LogP contribution in [0.15, 0.2) is 9.27 Å². The average Bonchev–Trinajstić information content (AvgIpc) is 2.26. The molecule has 1 unspecified atom stereocenters. The highest BCUT2D eigenvalue weighted by molar-refractivity contribution is 9.10. The standard InChI is InChI=1S/C12H18Br2N2O/c1-7(2)10(5-13)6-16-9(4)11(14)8(3)15-12(16)17/h7,10H,5-6H2,1-4H3. The number of nitrogens with zero attached hydrogens (tertiary/aromatic N) is 2. The fourth-order valence-electron chi connectivity index (χ4n) is 1.66. The number of hydrogen-bond donors (Lipinski definition) is 0. The topological polar surface area (TPSA) is 34.9 Å². The lowest BCUT2D eigenvalue weighted by atomic mass is 9.98. The quantitative estimate of drug-likeness (QED) is 0.767. The molecule has 0 spiro atoms. The van der Waals surface area contributed by atoms with Crippen molar-refractivity contribution in [1.29, 1.82) is 0 Å². The summed E-state index contributed by atoms with van der Waals surface area (Å²) in [5, 5.41) is 0.891. The van der Waals surface area contributed by atoms with Gasteiger partial charge < -0.3 is 0 Å². The van der Waals surface area contributed by atoms with Gasteiger partial charge in [-0.2, -0.15) is 4.98 Å². The molecule has 0 N–H and O–H groups in total. The number of alkyl halides is 1. The third-order valence-corrected chi connectivity index (χ3v) is 5.07. The smallest absolute Gasteiger partial charge is 0.295 e. The van der Waals surface area contributed by atoms with Crippen molar-refractivity contribution < 1.29 is 0 Å². The second-order valence-corrected chi connectivity index (χ2v) is 6.09. The molecule has 96 valence electrons. The predicted octanol–water partition coefficient (Wildman–Crippen LogP) is 3.29. The molecule has 0 fully saturated rings. The minimum Gasteiger partial charge on any atom is -0.295 e. The fraction of sp³-hybridized carbons (Fsp3) is 0.667. The lowest BCUT2D eigenvalue weighted by Gasteiger charge is -2.21. The van der Waals surface area contributed by atoms with Gasteiger partial charge in [-0.1, -0.05) is 29.8 Å². The van der Waals surface area contributed by atoms with Crippen molar-refractivity contribution in [1.82, 2.24) is 9.55 Å². The second-order valence-electron chi connectivity index (χ2n) is 4.65. The highest BCUT2D eigenvalue weighted by Gasteiger charge is 2.16. The van der Waals surface area contributed by atoms with E-state index in [1.54, 1.807) is 4.57 Å². The summed E-state index contributed by atoms with van der Waals surface area (Å²) in [5.41, 5.74) is 1.55. The summed E-state index contributed by atoms with van der Waals surface area (Å²) < 4.78 is 2.68. The third-order valence-electron chi connectivity index (χ3n) is 3.09. The Morgan fingerprint density at radius 2 is 1.94 bits per heavy atom. The molecule has 0 saturated heterocycles. The van der Waals surface area contributed by atoms with Crippen LogP contribution in [-0.2, 0) is 6.54 Å². The zero-order chi connectivity index (χ0) is 13.2. The molecule has 0 aliphatic rings. The summed E-state index contributed by atoms with van der Waals surface area (Å²) in [7, 11) is 0. The van der Waals surface area contributed by atoms with Crippen molar-refractivity contribution in [2.75, 3.05) is 5.33 Å². The molecular weight excluding hydrogens is 348 g/mol. The molecular formula is C12H18Br2N2O. The van der Waals surface area contributed by atoms with Gasteiger partial charge in [0.15, 0.2) is 0 Å². The Labute approximate surface area is 119 Å². The van der Waals surface area contributed by atoms with Gasteiger partial charge in [-0.05, 0) is 41.6 Å². The number of halogens is 2. The first kappa shape index (κ1) is 14.9. The van der Waals surface area contributed by atoms with Crippen LogP contribution >= 0.6 is 31.9 Å². The lowest BCUT2D eigenvalue weighted by Crippen LogP contribution is -2.31. The normalized spacial score (nSPS) is 13.1. The van der Waals surface area contributed by atoms with Gasteiger partial charge >= 0.3 is 5.69 Å². The van der Waals surface area contributed by atoms with Crippen LogP contribution in [0.25, 0.3) is 0 Å². The third kappa shape index (κ3) is 3.41. The van der Waals surface area contributed by atoms with Gasteiger partial charge in [0.25, 0.3) is 0 Å². The van der Waals surface area contributed by atoms with Crippen molar-refractivity contribution in [2.45, 2.75) is 34.2 Å². The Morgan fingerprint density at radius 3 is 2.41 bits per heavy atom. The van der Waals surface area contributed by atoms with E-state index in [2.05, 4.69) is 50.7 Å². The van der Waals surface area contributed by atoms with Crippen molar-refractivity contribution >= 4 is 31.9 Å². The van der Waals surface area contributed by atoms with E-state index in [1.165, 1.54) is 0 Å². The van der Waals surface area contributed by atoms with Gasteiger partial charge in [0.05, 0.1) is 10.2 Å². The summed E-state index contributed by atoms with van der Waals surface area (Å²) in [6.45, 7) is 8.84. The molecule has 1 rings (SSSR count). The molecule has 1 heterocycles. The Morgan fingerprint density at radius 1 is 1.35 bits per heavy atom. The van der Waals surface area contributed by atoms with Crippen LogP contribution in [0.4, 0.5) is 0 Å². The van der Waals surface area contributed by atoms with Gasteiger partial charge in [0, 0.05) is 17.6 Å². The fourth-order valence-corrected chi connectivity index (χ4v) is 2.92. The van der Waals surface area contributed by atoms with Gasteiger partial charge in [-0.15, -0.1) is 0 Å². The minimum atomic E-state index is -0.158. The van der Waals surface area contributed by atoms with E-state index < -0.39 is 0 Å². The van der Waals surface area contributed by atoms with Crippen molar-refractivity contribution in [2.24, 2.45) is 11.8 Å². The van der Waals surface area contributed by atoms with E-state index >= 15 is 0 Å². The first-order chi connectivity index (χ1) is 7.88. The monoisotopic (exact) mass is 364 g/mol. The van der Waals surface area contributed by atoms with Crippen molar-refractivity contribution in [3.05, 3.63) is 26.3 Å². The van der Waals surface area contributed by atoms with E-state index in [9.17, 15) is 4.79 Å². The maximum absolute atomic E-state index is 11.9. The summed E-state index contributed by atoms with van der Waals surface area (Å²) >= 11 is 6.99. The van der Waals surface area contributed by atoms with Gasteiger partial charge in [-0.25, -0.2) is 4.79 Å². The van der Waals surface area contributed by atoms with Crippen LogP contribution in [0.3, 0.4) is 0 Å². The molecule has 1 atom stereocenters. The maximum Gasteiger partial charge on any atom is 0.348 e. The Kier molecular flexibility index (Phi) is 5.38. The summed E-state index contributed by atoms with van der Waals surface area (Å²) in [4.78, 5) is 15.9. The summed E-state index contributed by atoms with van der Waals surface area (Å²) in [5.74, 6) is 0.962. The van der Waals surface area contributed by atoms with Crippen LogP contribution in [0.5, 0.6) is 0 Å². The molecule has 5 heteroatoms. The molecule has 0 aliphatic carbocycles. The maximum atomic E-state index is 11.9. The second kappa shape index (κ2) is 6.14. The largest absolute Gasteiger partial charge is 0.348 e. The predicted molar refractivity (Wildman–Crippen MR) is 77.8 cm³/mol. The highest BCUT2D eigenvalue weighted by Crippen LogP contribution is 2.20. The van der Waals surface area contributed by atoms with E-state index in [0.717, 1.165) is 21.2 Å². The van der Waals surface area contributed by atoms with Crippen molar-refractivity contribution in [3.8, 4) is 0 Å². The summed E-state index contributed by atoms with van der Waals surface area (Å²) in [6.07, 6.45) is 0. The van der Waals surface area contributed by atoms with Crippen LogP contribution in [0.2, 0.25) is 0 Å². The Balaban J connectivity index is 3.15. The van der Waals surface area contributed by atoms with Crippen LogP contribution in [-0.4, -0.2) is 14.9 Å². The molecule has 0 aliphatic heterocycles. The number of hydrogen-bond acceptors (Lipinski definition) is 2. The van der Waals surface area contributed by atoms with Crippen LogP contribution in [0, 0.1) is 25.7 Å². The first-order valence-electron chi connectivity index (χ1n) is 5.68. The molecule has 3 nitrogen and oxygen atoms in total. The van der Waals surface area contributed by atoms with Crippen molar-refractivity contribution in [3.63, 3.8) is 0 Å². The molecule has 0 amide bonds. The zero-order valence-electron chi connectivity index (χ0n) is 10.6. The van der Waals surface area contributed by atoms with E-state index in [-0.39, 0.29) is 5.69 Å². The SMILES string of the molecule is Cc1nc(=O)n(CC(CBr)C(C)C)c(C)c1Br. The van der Waals surface area contributed by atoms with Gasteiger partial charge in [-0.3, -0.25) is 4.57 Å². The van der Waals surface area contributed by atoms with E-state index in [1.807, 2.05) is 13.8 Å². The molecule has 1 aromatic heterocycles. The zero-order valence-corrected chi connectivity index (χ0v) is 13.8. The molecule has 17 heavy (non-hydrogen) atoms. The van der Waals surface area contributed by atoms with E-state index in [4.69, 9.17) is 0 Å². The molecule has 0 aromatic carbocycles. The lowest BCUT2D eigenvalue weighted by molar-refractivity contribution is 0.362. The highest BCUT2D eigenvalue weighted by atomic mass is 79.9. The van der Waals surface area contributed by atoms with E-state index in [0.29, 0.717) is 18.4 Å². The number of rotatable bonds is 4. The molecule has 0 bridgehead atoms. The molecule has 0 saturated carbocycles. The Bertz CT molecular complexity index is 455. The van der Waals surface area contributed by atoms with Crippen LogP contribution in [0.1, 0.15) is 25.2 Å². The molecule has 0 radical (unpaired) electrons. The van der Waals surface area contributed by atoms with Gasteiger partial charge in [0.2, 0.25) is 0 Å². The number of aryl methyl sites for hydroxylation is 1. The number of aromatic nitrogens is 2. The molecule has 1 aromatic rings. The summed E-state index contributed by atoms with van der Waals surface area (Å²) in [6, 6.07) is 0. The first-order valence-corrected chi connectivity index (χ1v) is 7.59.